The van der Waals surface area contributed by atoms with E-state index in [0.717, 1.165) is 25.7 Å². The van der Waals surface area contributed by atoms with Gasteiger partial charge in [0.25, 0.3) is 0 Å². The molecule has 1 amide bonds. The second-order valence-corrected chi connectivity index (χ2v) is 2.99. The van der Waals surface area contributed by atoms with E-state index in [1.807, 2.05) is 13.8 Å². The van der Waals surface area contributed by atoms with Crippen molar-refractivity contribution in [2.24, 2.45) is 5.73 Å². The van der Waals surface area contributed by atoms with E-state index in [4.69, 9.17) is 19.4 Å². The second kappa shape index (κ2) is 13.5. The van der Waals surface area contributed by atoms with Crippen LogP contribution in [-0.4, -0.2) is 30.6 Å². The Bertz CT molecular complexity index is 168. The van der Waals surface area contributed by atoms with Gasteiger partial charge < -0.3 is 20.3 Å². The van der Waals surface area contributed by atoms with Gasteiger partial charge in [-0.25, -0.2) is 9.59 Å². The highest BCUT2D eigenvalue weighted by atomic mass is 16.7. The highest BCUT2D eigenvalue weighted by Crippen LogP contribution is 1.93. The summed E-state index contributed by atoms with van der Waals surface area (Å²) in [4.78, 5) is 19.5. The van der Waals surface area contributed by atoms with Crippen LogP contribution < -0.4 is 5.73 Å². The lowest BCUT2D eigenvalue weighted by Gasteiger charge is -2.04. The van der Waals surface area contributed by atoms with Gasteiger partial charge in [-0.3, -0.25) is 0 Å². The normalized spacial score (nSPS) is 8.62. The van der Waals surface area contributed by atoms with Crippen LogP contribution in [-0.2, 0) is 9.47 Å². The molecule has 96 valence electrons. The number of rotatable bonds is 6. The van der Waals surface area contributed by atoms with Crippen molar-refractivity contribution < 1.29 is 24.2 Å². The first kappa shape index (κ1) is 17.0. The van der Waals surface area contributed by atoms with Crippen molar-refractivity contribution in [1.82, 2.24) is 0 Å². The second-order valence-electron chi connectivity index (χ2n) is 2.99. The van der Waals surface area contributed by atoms with Gasteiger partial charge in [0, 0.05) is 0 Å². The maximum atomic E-state index is 10.7. The van der Waals surface area contributed by atoms with Crippen LogP contribution in [0.2, 0.25) is 0 Å². The van der Waals surface area contributed by atoms with Crippen LogP contribution in [0.4, 0.5) is 9.59 Å². The van der Waals surface area contributed by atoms with E-state index in [-0.39, 0.29) is 0 Å². The number of ether oxygens (including phenoxy) is 2. The number of carboxylic acid groups (broad SMARTS) is 1. The Morgan fingerprint density at radius 3 is 1.62 bits per heavy atom. The minimum atomic E-state index is -1.33. The van der Waals surface area contributed by atoms with Crippen molar-refractivity contribution in [2.75, 3.05) is 13.2 Å². The molecule has 0 aromatic carbocycles. The van der Waals surface area contributed by atoms with Gasteiger partial charge >= 0.3 is 12.2 Å². The highest BCUT2D eigenvalue weighted by molar-refractivity contribution is 5.61. The summed E-state index contributed by atoms with van der Waals surface area (Å²) >= 11 is 0. The Kier molecular flexibility index (Phi) is 14.3. The molecule has 0 aliphatic heterocycles. The monoisotopic (exact) mass is 235 g/mol. The standard InChI is InChI=1S/C9H18O3.CH3NO2/c1-3-5-7-11-9(10)12-8-6-4-2;2-1(3)4/h3-8H2,1-2H3;2H2,(H,3,4). The lowest BCUT2D eigenvalue weighted by atomic mass is 10.4. The quantitative estimate of drug-likeness (QED) is 0.544. The zero-order chi connectivity index (χ0) is 12.8. The fourth-order valence-corrected chi connectivity index (χ4v) is 0.641. The minimum Gasteiger partial charge on any atom is -0.465 e. The van der Waals surface area contributed by atoms with Gasteiger partial charge in [0.15, 0.2) is 0 Å². The molecule has 3 N–H and O–H groups in total. The average Bonchev–Trinajstić information content (AvgIpc) is 2.18. The molecule has 0 aliphatic rings. The molecule has 0 spiro atoms. The molecular weight excluding hydrogens is 214 g/mol. The Morgan fingerprint density at radius 1 is 1.06 bits per heavy atom. The zero-order valence-electron chi connectivity index (χ0n) is 9.90. The minimum absolute atomic E-state index is 0.474. The van der Waals surface area contributed by atoms with Crippen LogP contribution in [0, 0.1) is 0 Å². The number of carbonyl (C=O) groups excluding carboxylic acids is 1. The molecule has 0 aromatic rings. The molecule has 0 bridgehead atoms. The molecule has 0 heterocycles. The van der Waals surface area contributed by atoms with Crippen LogP contribution in [0.15, 0.2) is 0 Å². The lowest BCUT2D eigenvalue weighted by molar-refractivity contribution is 0.0536. The molecule has 16 heavy (non-hydrogen) atoms. The van der Waals surface area contributed by atoms with E-state index in [9.17, 15) is 4.79 Å². The van der Waals surface area contributed by atoms with Gasteiger partial charge in [0.05, 0.1) is 13.2 Å². The first-order valence-corrected chi connectivity index (χ1v) is 5.32. The van der Waals surface area contributed by atoms with Crippen LogP contribution in [0.1, 0.15) is 39.5 Å². The van der Waals surface area contributed by atoms with Crippen LogP contribution >= 0.6 is 0 Å². The molecular formula is C10H21NO5. The summed E-state index contributed by atoms with van der Waals surface area (Å²) in [6, 6.07) is 0. The van der Waals surface area contributed by atoms with E-state index in [1.54, 1.807) is 0 Å². The smallest absolute Gasteiger partial charge is 0.465 e. The molecule has 0 atom stereocenters. The predicted octanol–water partition coefficient (Wildman–Crippen LogP) is 2.36. The third kappa shape index (κ3) is 22.9. The Morgan fingerprint density at radius 2 is 1.38 bits per heavy atom. The SMILES string of the molecule is CCCCOC(=O)OCCCC.NC(=O)O. The van der Waals surface area contributed by atoms with E-state index in [2.05, 4.69) is 5.73 Å². The summed E-state index contributed by atoms with van der Waals surface area (Å²) in [6.45, 7) is 5.04. The number of unbranched alkanes of at least 4 members (excludes halogenated alkanes) is 2. The van der Waals surface area contributed by atoms with Gasteiger partial charge in [0.2, 0.25) is 0 Å². The summed E-state index contributed by atoms with van der Waals surface area (Å²) in [5.41, 5.74) is 4.03. The zero-order valence-corrected chi connectivity index (χ0v) is 9.90. The average molecular weight is 235 g/mol. The number of carbonyl (C=O) groups is 2. The number of primary amides is 1. The van der Waals surface area contributed by atoms with Gasteiger partial charge in [-0.2, -0.15) is 0 Å². The molecule has 0 saturated heterocycles. The molecule has 6 heteroatoms. The van der Waals surface area contributed by atoms with Gasteiger partial charge in [0.1, 0.15) is 0 Å². The van der Waals surface area contributed by atoms with Crippen molar-refractivity contribution in [3.8, 4) is 0 Å². The Hall–Kier alpha value is -1.46. The van der Waals surface area contributed by atoms with E-state index in [1.165, 1.54) is 0 Å². The van der Waals surface area contributed by atoms with E-state index >= 15 is 0 Å². The first-order chi connectivity index (χ1) is 7.54. The van der Waals surface area contributed by atoms with Crippen molar-refractivity contribution in [1.29, 1.82) is 0 Å². The van der Waals surface area contributed by atoms with Crippen molar-refractivity contribution in [3.05, 3.63) is 0 Å². The summed E-state index contributed by atoms with van der Waals surface area (Å²) in [5.74, 6) is 0. The maximum absolute atomic E-state index is 10.7. The summed E-state index contributed by atoms with van der Waals surface area (Å²) in [7, 11) is 0. The molecule has 0 saturated carbocycles. The van der Waals surface area contributed by atoms with Gasteiger partial charge in [-0.05, 0) is 12.8 Å². The van der Waals surface area contributed by atoms with E-state index in [0.29, 0.717) is 13.2 Å². The third-order valence-electron chi connectivity index (χ3n) is 1.44. The van der Waals surface area contributed by atoms with Gasteiger partial charge in [-0.15, -0.1) is 0 Å². The maximum Gasteiger partial charge on any atom is 0.508 e. The third-order valence-corrected chi connectivity index (χ3v) is 1.44. The molecule has 6 nitrogen and oxygen atoms in total. The number of amides is 1. The highest BCUT2D eigenvalue weighted by Gasteiger charge is 2.00. The number of hydrogen-bond acceptors (Lipinski definition) is 4. The van der Waals surface area contributed by atoms with Crippen LogP contribution in [0.5, 0.6) is 0 Å². The topological polar surface area (TPSA) is 98.9 Å². The van der Waals surface area contributed by atoms with Crippen molar-refractivity contribution in [2.45, 2.75) is 39.5 Å². The fraction of sp³-hybridized carbons (Fsp3) is 0.800. The predicted molar refractivity (Wildman–Crippen MR) is 59.3 cm³/mol. The summed E-state index contributed by atoms with van der Waals surface area (Å²) in [6.07, 6.45) is 2.01. The van der Waals surface area contributed by atoms with Crippen LogP contribution in [0.3, 0.4) is 0 Å². The molecule has 0 fully saturated rings. The van der Waals surface area contributed by atoms with Crippen molar-refractivity contribution >= 4 is 12.2 Å². The lowest BCUT2D eigenvalue weighted by Crippen LogP contribution is -2.09. The summed E-state index contributed by atoms with van der Waals surface area (Å²) < 4.78 is 9.54. The number of hydrogen-bond donors (Lipinski definition) is 2. The van der Waals surface area contributed by atoms with Gasteiger partial charge in [-0.1, -0.05) is 26.7 Å². The molecule has 0 rings (SSSR count). The molecule has 0 radical (unpaired) electrons. The Balaban J connectivity index is 0. The largest absolute Gasteiger partial charge is 0.508 e. The Labute approximate surface area is 95.7 Å². The summed E-state index contributed by atoms with van der Waals surface area (Å²) in [5, 5.41) is 7.19. The van der Waals surface area contributed by atoms with E-state index < -0.39 is 12.2 Å². The van der Waals surface area contributed by atoms with Crippen LogP contribution in [0.25, 0.3) is 0 Å². The molecule has 0 aromatic heterocycles. The molecule has 0 aliphatic carbocycles. The first-order valence-electron chi connectivity index (χ1n) is 5.32. The van der Waals surface area contributed by atoms with Crippen molar-refractivity contribution in [3.63, 3.8) is 0 Å². The molecule has 0 unspecified atom stereocenters. The fourth-order valence-electron chi connectivity index (χ4n) is 0.641. The number of nitrogens with two attached hydrogens (primary N) is 1.